The van der Waals surface area contributed by atoms with Crippen molar-refractivity contribution >= 4 is 24.8 Å². The Hall–Kier alpha value is -1.54. The van der Waals surface area contributed by atoms with Gasteiger partial charge in [0, 0.05) is 6.54 Å². The van der Waals surface area contributed by atoms with Crippen molar-refractivity contribution in [2.75, 3.05) is 12.3 Å². The highest BCUT2D eigenvalue weighted by Gasteiger charge is 2.13. The Morgan fingerprint density at radius 1 is 1.39 bits per heavy atom. The number of imidazole rings is 1. The fourth-order valence-corrected chi connectivity index (χ4v) is 1.85. The van der Waals surface area contributed by atoms with Gasteiger partial charge in [0.2, 0.25) is 0 Å². The first-order valence-electron chi connectivity index (χ1n) is 5.09. The van der Waals surface area contributed by atoms with Gasteiger partial charge in [0.1, 0.15) is 11.8 Å². The number of hydrogen-bond acceptors (Lipinski definition) is 6. The number of aryl methyl sites for hydroxylation is 1. The van der Waals surface area contributed by atoms with E-state index in [1.165, 1.54) is 6.33 Å². The number of nitrogens with zero attached hydrogens (tertiary/aromatic N) is 4. The summed E-state index contributed by atoms with van der Waals surface area (Å²) in [4.78, 5) is 29.0. The Bertz CT molecular complexity index is 594. The third-order valence-electron chi connectivity index (χ3n) is 2.23. The molecule has 2 aromatic heterocycles. The van der Waals surface area contributed by atoms with E-state index in [1.54, 1.807) is 10.9 Å². The van der Waals surface area contributed by atoms with Gasteiger partial charge in [0.25, 0.3) is 0 Å². The maximum atomic E-state index is 10.5. The SMILES string of the molecule is Nc1ncnc2c1ncn2CCCOP(=O)(O)O. The van der Waals surface area contributed by atoms with Crippen molar-refractivity contribution in [3.63, 3.8) is 0 Å². The molecule has 0 radical (unpaired) electrons. The van der Waals surface area contributed by atoms with Crippen molar-refractivity contribution in [2.45, 2.75) is 13.0 Å². The van der Waals surface area contributed by atoms with Crippen LogP contribution in [-0.4, -0.2) is 35.9 Å². The summed E-state index contributed by atoms with van der Waals surface area (Å²) in [5.41, 5.74) is 6.72. The minimum Gasteiger partial charge on any atom is -0.382 e. The molecule has 2 rings (SSSR count). The molecule has 0 saturated carbocycles. The van der Waals surface area contributed by atoms with Crippen LogP contribution in [0.3, 0.4) is 0 Å². The molecule has 0 amide bonds. The fraction of sp³-hybridized carbons (Fsp3) is 0.375. The van der Waals surface area contributed by atoms with Crippen LogP contribution in [-0.2, 0) is 15.6 Å². The molecular formula is C8H12N5O4P. The second-order valence-corrected chi connectivity index (χ2v) is 4.79. The predicted molar refractivity (Wildman–Crippen MR) is 62.3 cm³/mol. The van der Waals surface area contributed by atoms with Gasteiger partial charge in [-0.15, -0.1) is 0 Å². The minimum atomic E-state index is -4.40. The summed E-state index contributed by atoms with van der Waals surface area (Å²) in [6.45, 7) is 0.414. The molecule has 2 heterocycles. The number of phosphoric acid groups is 1. The number of hydrogen-bond donors (Lipinski definition) is 3. The van der Waals surface area contributed by atoms with Crippen LogP contribution >= 0.6 is 7.82 Å². The lowest BCUT2D eigenvalue weighted by atomic mass is 10.4. The average Bonchev–Trinajstić information content (AvgIpc) is 2.68. The van der Waals surface area contributed by atoms with Crippen LogP contribution in [0.2, 0.25) is 0 Å². The molecule has 18 heavy (non-hydrogen) atoms. The summed E-state index contributed by atoms with van der Waals surface area (Å²) in [6, 6.07) is 0. The molecule has 0 fully saturated rings. The van der Waals surface area contributed by atoms with Crippen molar-refractivity contribution in [2.24, 2.45) is 0 Å². The summed E-state index contributed by atoms with van der Waals surface area (Å²) in [5, 5.41) is 0. The van der Waals surface area contributed by atoms with Crippen LogP contribution in [0.4, 0.5) is 5.82 Å². The molecule has 0 aliphatic carbocycles. The van der Waals surface area contributed by atoms with Crippen molar-refractivity contribution < 1.29 is 18.9 Å². The van der Waals surface area contributed by atoms with Gasteiger partial charge in [-0.05, 0) is 6.42 Å². The van der Waals surface area contributed by atoms with Gasteiger partial charge in [-0.1, -0.05) is 0 Å². The zero-order valence-electron chi connectivity index (χ0n) is 9.30. The summed E-state index contributed by atoms with van der Waals surface area (Å²) in [5.74, 6) is 0.296. The molecule has 0 aliphatic rings. The summed E-state index contributed by atoms with van der Waals surface area (Å²) < 4.78 is 16.5. The van der Waals surface area contributed by atoms with Crippen molar-refractivity contribution in [3.05, 3.63) is 12.7 Å². The van der Waals surface area contributed by atoms with E-state index in [1.807, 2.05) is 0 Å². The van der Waals surface area contributed by atoms with Gasteiger partial charge in [0.05, 0.1) is 12.9 Å². The number of phosphoric ester groups is 1. The second kappa shape index (κ2) is 4.99. The molecule has 0 saturated heterocycles. The monoisotopic (exact) mass is 273 g/mol. The molecular weight excluding hydrogens is 261 g/mol. The molecule has 2 aromatic rings. The Morgan fingerprint density at radius 2 is 2.17 bits per heavy atom. The zero-order valence-corrected chi connectivity index (χ0v) is 10.2. The van der Waals surface area contributed by atoms with E-state index >= 15 is 0 Å². The van der Waals surface area contributed by atoms with E-state index in [2.05, 4.69) is 19.5 Å². The summed E-state index contributed by atoms with van der Waals surface area (Å²) >= 11 is 0. The molecule has 10 heteroatoms. The number of anilines is 1. The molecule has 0 unspecified atom stereocenters. The van der Waals surface area contributed by atoms with E-state index in [9.17, 15) is 4.57 Å². The third-order valence-corrected chi connectivity index (χ3v) is 2.75. The first-order valence-corrected chi connectivity index (χ1v) is 6.62. The maximum Gasteiger partial charge on any atom is 0.469 e. The van der Waals surface area contributed by atoms with Gasteiger partial charge in [-0.2, -0.15) is 0 Å². The quantitative estimate of drug-likeness (QED) is 0.507. The Labute approximate surface area is 102 Å². The minimum absolute atomic E-state index is 0.0511. The van der Waals surface area contributed by atoms with Crippen molar-refractivity contribution in [1.82, 2.24) is 19.5 Å². The van der Waals surface area contributed by atoms with E-state index < -0.39 is 7.82 Å². The van der Waals surface area contributed by atoms with E-state index in [-0.39, 0.29) is 6.61 Å². The lowest BCUT2D eigenvalue weighted by molar-refractivity contribution is 0.192. The van der Waals surface area contributed by atoms with Crippen LogP contribution in [0.15, 0.2) is 12.7 Å². The molecule has 9 nitrogen and oxygen atoms in total. The highest BCUT2D eigenvalue weighted by atomic mass is 31.2. The average molecular weight is 273 g/mol. The van der Waals surface area contributed by atoms with Gasteiger partial charge >= 0.3 is 7.82 Å². The number of nitrogen functional groups attached to an aromatic ring is 1. The largest absolute Gasteiger partial charge is 0.469 e. The lowest BCUT2D eigenvalue weighted by Crippen LogP contribution is -2.02. The van der Waals surface area contributed by atoms with Gasteiger partial charge in [-0.25, -0.2) is 19.5 Å². The summed E-state index contributed by atoms with van der Waals surface area (Å²) in [7, 11) is -4.40. The van der Waals surface area contributed by atoms with E-state index in [4.69, 9.17) is 15.5 Å². The van der Waals surface area contributed by atoms with E-state index in [0.717, 1.165) is 0 Å². The predicted octanol–water partition coefficient (Wildman–Crippen LogP) is -0.0921. The number of aromatic nitrogens is 4. The number of fused-ring (bicyclic) bond motifs is 1. The third kappa shape index (κ3) is 3.02. The first-order chi connectivity index (χ1) is 8.47. The van der Waals surface area contributed by atoms with Gasteiger partial charge in [-0.3, -0.25) is 4.52 Å². The smallest absolute Gasteiger partial charge is 0.382 e. The zero-order chi connectivity index (χ0) is 13.2. The fourth-order valence-electron chi connectivity index (χ4n) is 1.48. The first kappa shape index (κ1) is 12.9. The molecule has 0 aromatic carbocycles. The standard InChI is InChI=1S/C8H12N5O4P/c9-7-6-8(11-4-10-7)13(5-12-6)2-1-3-17-18(14,15)16/h4-5H,1-3H2,(H2,9,10,11)(H2,14,15,16). The highest BCUT2D eigenvalue weighted by molar-refractivity contribution is 7.46. The van der Waals surface area contributed by atoms with E-state index in [0.29, 0.717) is 29.9 Å². The van der Waals surface area contributed by atoms with Crippen LogP contribution in [0.1, 0.15) is 6.42 Å². The van der Waals surface area contributed by atoms with Crippen LogP contribution in [0.5, 0.6) is 0 Å². The van der Waals surface area contributed by atoms with Crippen LogP contribution in [0, 0.1) is 0 Å². The van der Waals surface area contributed by atoms with Crippen LogP contribution < -0.4 is 5.73 Å². The molecule has 0 aliphatic heterocycles. The second-order valence-electron chi connectivity index (χ2n) is 3.55. The van der Waals surface area contributed by atoms with Crippen molar-refractivity contribution in [3.8, 4) is 0 Å². The Morgan fingerprint density at radius 3 is 2.89 bits per heavy atom. The Kier molecular flexibility index (Phi) is 3.58. The highest BCUT2D eigenvalue weighted by Crippen LogP contribution is 2.35. The Balaban J connectivity index is 2.00. The molecule has 0 spiro atoms. The number of rotatable bonds is 5. The van der Waals surface area contributed by atoms with Gasteiger partial charge < -0.3 is 20.1 Å². The topological polar surface area (TPSA) is 136 Å². The van der Waals surface area contributed by atoms with Gasteiger partial charge in [0.15, 0.2) is 11.5 Å². The lowest BCUT2D eigenvalue weighted by Gasteiger charge is -2.06. The number of nitrogens with two attached hydrogens (primary N) is 1. The molecule has 98 valence electrons. The van der Waals surface area contributed by atoms with Crippen LogP contribution in [0.25, 0.3) is 11.2 Å². The molecule has 0 bridgehead atoms. The van der Waals surface area contributed by atoms with Crippen molar-refractivity contribution in [1.29, 1.82) is 0 Å². The molecule has 0 atom stereocenters. The molecule has 4 N–H and O–H groups in total. The normalized spacial score (nSPS) is 12.1. The maximum absolute atomic E-state index is 10.5. The summed E-state index contributed by atoms with van der Waals surface area (Å²) in [6.07, 6.45) is 3.30.